The Hall–Kier alpha value is -4.94. The molecule has 2 amide bonds. The van der Waals surface area contributed by atoms with Crippen molar-refractivity contribution >= 4 is 28.6 Å². The summed E-state index contributed by atoms with van der Waals surface area (Å²) in [5.41, 5.74) is 1.69. The summed E-state index contributed by atoms with van der Waals surface area (Å²) in [6.45, 7) is 0.164. The third kappa shape index (κ3) is 4.21. The van der Waals surface area contributed by atoms with Gasteiger partial charge >= 0.3 is 5.76 Å². The molecule has 0 aliphatic carbocycles. The topological polar surface area (TPSA) is 149 Å². The van der Waals surface area contributed by atoms with Crippen molar-refractivity contribution in [1.82, 2.24) is 39.8 Å². The average Bonchev–Trinajstić information content (AvgIpc) is 3.39. The molecule has 35 heavy (non-hydrogen) atoms. The van der Waals surface area contributed by atoms with Gasteiger partial charge in [-0.05, 0) is 17.7 Å². The molecule has 12 nitrogen and oxygen atoms in total. The number of carbonyl (C=O) groups is 2. The number of nitrogens with one attached hydrogen (secondary N) is 2. The van der Waals surface area contributed by atoms with Crippen molar-refractivity contribution in [3.8, 4) is 0 Å². The predicted octanol–water partition coefficient (Wildman–Crippen LogP) is 0.963. The third-order valence-corrected chi connectivity index (χ3v) is 5.25. The van der Waals surface area contributed by atoms with Gasteiger partial charge in [-0.1, -0.05) is 6.07 Å². The van der Waals surface area contributed by atoms with E-state index in [-0.39, 0.29) is 30.1 Å². The van der Waals surface area contributed by atoms with Crippen molar-refractivity contribution in [2.24, 2.45) is 7.05 Å². The van der Waals surface area contributed by atoms with Crippen LogP contribution in [0.25, 0.3) is 16.7 Å². The number of aryl methyl sites for hydroxylation is 1. The zero-order chi connectivity index (χ0) is 24.5. The quantitative estimate of drug-likeness (QED) is 0.368. The standard InChI is InChI=1S/C22H17FN8O4/c1-30-16-6-12(2-3-18(16)35-22(30)34)8-26-20(32)15-7-17(31-19(29-15)14(23)11-28-31)21(33)27-10-13-9-24-4-5-25-13/h2-7,9,11H,8,10H2,1H3,(H,26,32)(H,27,33). The van der Waals surface area contributed by atoms with Crippen LogP contribution in [0.2, 0.25) is 0 Å². The molecule has 0 atom stereocenters. The van der Waals surface area contributed by atoms with E-state index in [4.69, 9.17) is 4.42 Å². The number of fused-ring (bicyclic) bond motifs is 2. The molecule has 176 valence electrons. The Kier molecular flexibility index (Phi) is 5.49. The van der Waals surface area contributed by atoms with E-state index in [2.05, 4.69) is 30.7 Å². The molecular formula is C22H17FN8O4. The molecule has 1 aromatic carbocycles. The van der Waals surface area contributed by atoms with Gasteiger partial charge in [-0.2, -0.15) is 5.10 Å². The zero-order valence-corrected chi connectivity index (χ0v) is 18.2. The summed E-state index contributed by atoms with van der Waals surface area (Å²) in [5.74, 6) is -2.51. The van der Waals surface area contributed by atoms with Crippen LogP contribution in [0.15, 0.2) is 58.3 Å². The lowest BCUT2D eigenvalue weighted by atomic mass is 10.2. The van der Waals surface area contributed by atoms with Gasteiger partial charge in [-0.15, -0.1) is 0 Å². The monoisotopic (exact) mass is 476 g/mol. The number of hydrogen-bond acceptors (Lipinski definition) is 8. The smallest absolute Gasteiger partial charge is 0.408 e. The first kappa shape index (κ1) is 21.9. The van der Waals surface area contributed by atoms with E-state index in [1.807, 2.05) is 0 Å². The molecule has 4 aromatic heterocycles. The number of aromatic nitrogens is 6. The first-order valence-corrected chi connectivity index (χ1v) is 10.3. The van der Waals surface area contributed by atoms with E-state index in [1.165, 1.54) is 29.2 Å². The van der Waals surface area contributed by atoms with Crippen molar-refractivity contribution in [3.05, 3.63) is 88.1 Å². The third-order valence-electron chi connectivity index (χ3n) is 5.25. The van der Waals surface area contributed by atoms with Gasteiger partial charge in [-0.3, -0.25) is 24.1 Å². The highest BCUT2D eigenvalue weighted by Crippen LogP contribution is 2.15. The Balaban J connectivity index is 1.38. The maximum atomic E-state index is 14.3. The Morgan fingerprint density at radius 3 is 2.71 bits per heavy atom. The minimum absolute atomic E-state index is 0.0702. The van der Waals surface area contributed by atoms with Crippen molar-refractivity contribution in [2.75, 3.05) is 0 Å². The molecule has 0 fully saturated rings. The summed E-state index contributed by atoms with van der Waals surface area (Å²) in [6, 6.07) is 6.26. The van der Waals surface area contributed by atoms with Gasteiger partial charge in [0.1, 0.15) is 11.4 Å². The van der Waals surface area contributed by atoms with E-state index in [0.717, 1.165) is 10.7 Å². The van der Waals surface area contributed by atoms with Crippen LogP contribution in [0, 0.1) is 5.82 Å². The normalized spacial score (nSPS) is 11.1. The molecule has 5 rings (SSSR count). The van der Waals surface area contributed by atoms with E-state index >= 15 is 0 Å². The number of amides is 2. The molecule has 0 aliphatic rings. The van der Waals surface area contributed by atoms with Crippen molar-refractivity contribution in [2.45, 2.75) is 13.1 Å². The molecular weight excluding hydrogens is 459 g/mol. The second kappa shape index (κ2) is 8.78. The molecule has 0 unspecified atom stereocenters. The highest BCUT2D eigenvalue weighted by atomic mass is 19.1. The second-order valence-electron chi connectivity index (χ2n) is 7.55. The van der Waals surface area contributed by atoms with E-state index in [1.54, 1.807) is 25.2 Å². The second-order valence-corrected chi connectivity index (χ2v) is 7.55. The Labute approximate surface area is 195 Å². The summed E-state index contributed by atoms with van der Waals surface area (Å²) < 4.78 is 21.7. The van der Waals surface area contributed by atoms with Crippen molar-refractivity contribution in [3.63, 3.8) is 0 Å². The number of hydrogen-bond donors (Lipinski definition) is 2. The molecule has 0 radical (unpaired) electrons. The molecule has 0 spiro atoms. The molecule has 0 bridgehead atoms. The lowest BCUT2D eigenvalue weighted by Gasteiger charge is -2.09. The molecule has 0 aliphatic heterocycles. The van der Waals surface area contributed by atoms with Crippen LogP contribution in [-0.4, -0.2) is 40.9 Å². The highest BCUT2D eigenvalue weighted by Gasteiger charge is 2.20. The fourth-order valence-electron chi connectivity index (χ4n) is 3.45. The number of rotatable bonds is 6. The maximum Gasteiger partial charge on any atom is 0.419 e. The summed E-state index contributed by atoms with van der Waals surface area (Å²) in [5, 5.41) is 9.18. The summed E-state index contributed by atoms with van der Waals surface area (Å²) >= 11 is 0. The number of carbonyl (C=O) groups excluding carboxylic acids is 2. The highest BCUT2D eigenvalue weighted by molar-refractivity contribution is 5.98. The van der Waals surface area contributed by atoms with Gasteiger partial charge in [0.05, 0.1) is 30.1 Å². The van der Waals surface area contributed by atoms with Crippen LogP contribution in [0.5, 0.6) is 0 Å². The molecule has 5 aromatic rings. The first-order valence-electron chi connectivity index (χ1n) is 10.3. The van der Waals surface area contributed by atoms with E-state index < -0.39 is 23.4 Å². The van der Waals surface area contributed by atoms with Crippen LogP contribution in [-0.2, 0) is 20.1 Å². The summed E-state index contributed by atoms with van der Waals surface area (Å²) in [7, 11) is 1.58. The van der Waals surface area contributed by atoms with Gasteiger partial charge < -0.3 is 15.1 Å². The fraction of sp³-hybridized carbons (Fsp3) is 0.136. The Bertz CT molecular complexity index is 1640. The lowest BCUT2D eigenvalue weighted by Crippen LogP contribution is -2.28. The maximum absolute atomic E-state index is 14.3. The summed E-state index contributed by atoms with van der Waals surface area (Å²) in [4.78, 5) is 49.3. The average molecular weight is 476 g/mol. The van der Waals surface area contributed by atoms with Crippen LogP contribution in [0.1, 0.15) is 32.2 Å². The molecule has 0 saturated heterocycles. The van der Waals surface area contributed by atoms with Crippen LogP contribution in [0.3, 0.4) is 0 Å². The minimum Gasteiger partial charge on any atom is -0.408 e. The molecule has 2 N–H and O–H groups in total. The summed E-state index contributed by atoms with van der Waals surface area (Å²) in [6.07, 6.45) is 5.40. The van der Waals surface area contributed by atoms with Crippen molar-refractivity contribution in [1.29, 1.82) is 0 Å². The molecule has 0 saturated carbocycles. The number of nitrogens with zero attached hydrogens (tertiary/aromatic N) is 6. The fourth-order valence-corrected chi connectivity index (χ4v) is 3.45. The van der Waals surface area contributed by atoms with Crippen molar-refractivity contribution < 1.29 is 18.4 Å². The Morgan fingerprint density at radius 1 is 1.09 bits per heavy atom. The lowest BCUT2D eigenvalue weighted by molar-refractivity contribution is 0.0942. The van der Waals surface area contributed by atoms with Gasteiger partial charge in [0, 0.05) is 32.1 Å². The number of halogens is 1. The SMILES string of the molecule is Cn1c(=O)oc2ccc(CNC(=O)c3cc(C(=O)NCc4cnccn4)n4ncc(F)c4n3)cc21. The van der Waals surface area contributed by atoms with Crippen LogP contribution in [0.4, 0.5) is 4.39 Å². The number of benzene rings is 1. The predicted molar refractivity (Wildman–Crippen MR) is 119 cm³/mol. The molecule has 13 heteroatoms. The number of oxazole rings is 1. The van der Waals surface area contributed by atoms with Gasteiger partial charge in [0.15, 0.2) is 17.0 Å². The van der Waals surface area contributed by atoms with Gasteiger partial charge in [0.2, 0.25) is 0 Å². The van der Waals surface area contributed by atoms with Crippen LogP contribution >= 0.6 is 0 Å². The first-order chi connectivity index (χ1) is 16.9. The van der Waals surface area contributed by atoms with Gasteiger partial charge in [0.25, 0.3) is 11.8 Å². The Morgan fingerprint density at radius 2 is 1.91 bits per heavy atom. The largest absolute Gasteiger partial charge is 0.419 e. The van der Waals surface area contributed by atoms with Crippen LogP contribution < -0.4 is 16.4 Å². The van der Waals surface area contributed by atoms with Gasteiger partial charge in [-0.25, -0.2) is 18.7 Å². The van der Waals surface area contributed by atoms with E-state index in [9.17, 15) is 18.8 Å². The minimum atomic E-state index is -0.783. The van der Waals surface area contributed by atoms with E-state index in [0.29, 0.717) is 22.4 Å². The molecule has 4 heterocycles. The zero-order valence-electron chi connectivity index (χ0n) is 18.2.